The molecular weight excluding hydrogens is 206 g/mol. The van der Waals surface area contributed by atoms with E-state index in [1.165, 1.54) is 27.7 Å². The number of nitrogens with zero attached hydrogens (tertiary/aromatic N) is 1. The first-order valence-corrected chi connectivity index (χ1v) is 5.94. The van der Waals surface area contributed by atoms with Gasteiger partial charge < -0.3 is 0 Å². The molecule has 0 aliphatic carbocycles. The Labute approximate surface area is 100.0 Å². The Morgan fingerprint density at radius 2 is 1.65 bits per heavy atom. The Hall–Kier alpha value is -2.15. The quantitative estimate of drug-likeness (QED) is 0.399. The van der Waals surface area contributed by atoms with Gasteiger partial charge in [0.2, 0.25) is 5.69 Å². The summed E-state index contributed by atoms with van der Waals surface area (Å²) in [4.78, 5) is 0. The number of benzene rings is 2. The van der Waals surface area contributed by atoms with Crippen LogP contribution in [0.25, 0.3) is 16.5 Å². The average Bonchev–Trinajstić information content (AvgIpc) is 2.78. The van der Waals surface area contributed by atoms with Crippen LogP contribution in [0.2, 0.25) is 0 Å². The minimum Gasteiger partial charge on any atom is -0.163 e. The first-order chi connectivity index (χ1) is 8.43. The van der Waals surface area contributed by atoms with Gasteiger partial charge in [0.1, 0.15) is 0 Å². The van der Waals surface area contributed by atoms with Crippen LogP contribution in [-0.2, 0) is 6.42 Å². The maximum Gasteiger partial charge on any atom is 0.214 e. The number of fused-ring (bicyclic) bond motifs is 5. The van der Waals surface area contributed by atoms with E-state index in [-0.39, 0.29) is 0 Å². The second-order valence-electron chi connectivity index (χ2n) is 4.53. The number of hydrogen-bond acceptors (Lipinski definition) is 0. The molecular formula is C16H12N+. The highest BCUT2D eigenvalue weighted by Gasteiger charge is 2.27. The molecule has 2 aromatic carbocycles. The van der Waals surface area contributed by atoms with Gasteiger partial charge in [0, 0.05) is 23.1 Å². The fraction of sp³-hybridized carbons (Fsp3) is 0.0625. The van der Waals surface area contributed by atoms with Crippen LogP contribution in [0.15, 0.2) is 60.8 Å². The lowest BCUT2D eigenvalue weighted by Crippen LogP contribution is -2.31. The molecule has 2 heterocycles. The molecule has 0 N–H and O–H groups in total. The zero-order valence-corrected chi connectivity index (χ0v) is 9.43. The number of pyridine rings is 1. The van der Waals surface area contributed by atoms with Gasteiger partial charge in [-0.2, -0.15) is 4.57 Å². The Kier molecular flexibility index (Phi) is 1.67. The molecule has 0 spiro atoms. The highest BCUT2D eigenvalue weighted by atomic mass is 15.0. The monoisotopic (exact) mass is 218 g/mol. The van der Waals surface area contributed by atoms with Crippen LogP contribution in [0, 0.1) is 0 Å². The first-order valence-electron chi connectivity index (χ1n) is 5.94. The maximum atomic E-state index is 2.32. The lowest BCUT2D eigenvalue weighted by molar-refractivity contribution is -0.595. The molecule has 0 bridgehead atoms. The van der Waals surface area contributed by atoms with Gasteiger partial charge in [0.25, 0.3) is 0 Å². The molecule has 0 amide bonds. The van der Waals surface area contributed by atoms with Gasteiger partial charge in [-0.1, -0.05) is 36.4 Å². The van der Waals surface area contributed by atoms with Gasteiger partial charge in [-0.05, 0) is 11.5 Å². The standard InChI is InChI=1S/C16H12N/c1-3-7-14-12(5-1)9-10-17-15-8-4-2-6-13(15)11-16(14)17/h1-10H,11H2/q+1. The van der Waals surface area contributed by atoms with Crippen molar-refractivity contribution in [2.75, 3.05) is 0 Å². The van der Waals surface area contributed by atoms with Crippen molar-refractivity contribution >= 4 is 10.8 Å². The van der Waals surface area contributed by atoms with Gasteiger partial charge >= 0.3 is 0 Å². The second kappa shape index (κ2) is 3.17. The van der Waals surface area contributed by atoms with Crippen molar-refractivity contribution in [3.8, 4) is 5.69 Å². The lowest BCUT2D eigenvalue weighted by atomic mass is 10.1. The van der Waals surface area contributed by atoms with E-state index in [1.54, 1.807) is 0 Å². The molecule has 0 fully saturated rings. The van der Waals surface area contributed by atoms with E-state index >= 15 is 0 Å². The zero-order chi connectivity index (χ0) is 11.2. The third-order valence-electron chi connectivity index (χ3n) is 3.57. The van der Waals surface area contributed by atoms with Gasteiger partial charge in [-0.25, -0.2) is 0 Å². The van der Waals surface area contributed by atoms with Gasteiger partial charge in [0.05, 0.1) is 6.42 Å². The lowest BCUT2D eigenvalue weighted by Gasteiger charge is -1.99. The van der Waals surface area contributed by atoms with Crippen LogP contribution < -0.4 is 4.57 Å². The normalized spacial score (nSPS) is 12.5. The van der Waals surface area contributed by atoms with Crippen molar-refractivity contribution in [1.29, 1.82) is 0 Å². The van der Waals surface area contributed by atoms with E-state index in [2.05, 4.69) is 65.4 Å². The third kappa shape index (κ3) is 1.17. The highest BCUT2D eigenvalue weighted by molar-refractivity contribution is 5.84. The van der Waals surface area contributed by atoms with E-state index in [0.717, 1.165) is 6.42 Å². The fourth-order valence-electron chi connectivity index (χ4n) is 2.76. The Bertz CT molecular complexity index is 728. The summed E-state index contributed by atoms with van der Waals surface area (Å²) >= 11 is 0. The van der Waals surface area contributed by atoms with Crippen LogP contribution in [0.1, 0.15) is 11.3 Å². The van der Waals surface area contributed by atoms with Crippen molar-refractivity contribution in [1.82, 2.24) is 0 Å². The number of rotatable bonds is 0. The smallest absolute Gasteiger partial charge is 0.163 e. The first kappa shape index (κ1) is 8.94. The summed E-state index contributed by atoms with van der Waals surface area (Å²) in [5.74, 6) is 0. The molecule has 1 nitrogen and oxygen atoms in total. The average molecular weight is 218 g/mol. The van der Waals surface area contributed by atoms with Crippen LogP contribution in [0.4, 0.5) is 0 Å². The van der Waals surface area contributed by atoms with Crippen LogP contribution >= 0.6 is 0 Å². The molecule has 0 saturated heterocycles. The van der Waals surface area contributed by atoms with Crippen LogP contribution in [-0.4, -0.2) is 0 Å². The predicted octanol–water partition coefficient (Wildman–Crippen LogP) is 3.02. The summed E-state index contributed by atoms with van der Waals surface area (Å²) in [6, 6.07) is 19.4. The summed E-state index contributed by atoms with van der Waals surface area (Å²) in [6.07, 6.45) is 3.22. The SMILES string of the molecule is c1ccc2c(c1)Cc1c3ccccc3cc[n+]1-2. The predicted molar refractivity (Wildman–Crippen MR) is 68.3 cm³/mol. The molecule has 1 aliphatic rings. The van der Waals surface area contributed by atoms with Crippen molar-refractivity contribution in [3.63, 3.8) is 0 Å². The Morgan fingerprint density at radius 3 is 2.65 bits per heavy atom. The van der Waals surface area contributed by atoms with Gasteiger partial charge in [-0.15, -0.1) is 0 Å². The molecule has 80 valence electrons. The summed E-state index contributed by atoms with van der Waals surface area (Å²) in [5.41, 5.74) is 4.15. The van der Waals surface area contributed by atoms with Gasteiger partial charge in [0.15, 0.2) is 11.9 Å². The van der Waals surface area contributed by atoms with E-state index < -0.39 is 0 Å². The number of para-hydroxylation sites is 1. The summed E-state index contributed by atoms with van der Waals surface area (Å²) in [7, 11) is 0. The topological polar surface area (TPSA) is 3.88 Å². The number of hydrogen-bond donors (Lipinski definition) is 0. The van der Waals surface area contributed by atoms with Crippen molar-refractivity contribution in [2.24, 2.45) is 0 Å². The molecule has 0 saturated carbocycles. The molecule has 1 aliphatic heterocycles. The molecule has 0 unspecified atom stereocenters. The van der Waals surface area contributed by atoms with Crippen molar-refractivity contribution in [2.45, 2.75) is 6.42 Å². The molecule has 17 heavy (non-hydrogen) atoms. The highest BCUT2D eigenvalue weighted by Crippen LogP contribution is 2.25. The van der Waals surface area contributed by atoms with Crippen LogP contribution in [0.3, 0.4) is 0 Å². The molecule has 1 heteroatoms. The number of aromatic nitrogens is 1. The maximum absolute atomic E-state index is 2.32. The Balaban J connectivity index is 2.11. The second-order valence-corrected chi connectivity index (χ2v) is 4.53. The fourth-order valence-corrected chi connectivity index (χ4v) is 2.76. The van der Waals surface area contributed by atoms with E-state index in [4.69, 9.17) is 0 Å². The summed E-state index contributed by atoms with van der Waals surface area (Å²) in [6.45, 7) is 0. The van der Waals surface area contributed by atoms with Crippen LogP contribution in [0.5, 0.6) is 0 Å². The molecule has 0 atom stereocenters. The van der Waals surface area contributed by atoms with E-state index in [9.17, 15) is 0 Å². The minimum atomic E-state index is 1.04. The molecule has 1 aromatic heterocycles. The Morgan fingerprint density at radius 1 is 0.824 bits per heavy atom. The third-order valence-corrected chi connectivity index (χ3v) is 3.57. The molecule has 0 radical (unpaired) electrons. The van der Waals surface area contributed by atoms with Gasteiger partial charge in [-0.3, -0.25) is 0 Å². The molecule has 3 aromatic rings. The largest absolute Gasteiger partial charge is 0.214 e. The van der Waals surface area contributed by atoms with Crippen molar-refractivity contribution in [3.05, 3.63) is 72.1 Å². The van der Waals surface area contributed by atoms with Crippen molar-refractivity contribution < 1.29 is 4.57 Å². The zero-order valence-electron chi connectivity index (χ0n) is 9.43. The molecule has 4 rings (SSSR count). The minimum absolute atomic E-state index is 1.04. The summed E-state index contributed by atoms with van der Waals surface area (Å²) < 4.78 is 2.32. The van der Waals surface area contributed by atoms with E-state index in [0.29, 0.717) is 0 Å². The summed E-state index contributed by atoms with van der Waals surface area (Å²) in [5, 5.41) is 2.69. The van der Waals surface area contributed by atoms with E-state index in [1.807, 2.05) is 0 Å².